The molecule has 1 saturated carbocycles. The lowest BCUT2D eigenvalue weighted by Gasteiger charge is -2.48. The van der Waals surface area contributed by atoms with Crippen molar-refractivity contribution < 1.29 is 0 Å². The minimum atomic E-state index is 0.228. The molecule has 2 heterocycles. The summed E-state index contributed by atoms with van der Waals surface area (Å²) in [6.07, 6.45) is 11.0. The highest BCUT2D eigenvalue weighted by Crippen LogP contribution is 2.46. The first-order valence-electron chi connectivity index (χ1n) is 8.41. The molecule has 2 fully saturated rings. The lowest BCUT2D eigenvalue weighted by molar-refractivity contribution is 0.0385. The Morgan fingerprint density at radius 2 is 1.90 bits per heavy atom. The summed E-state index contributed by atoms with van der Waals surface area (Å²) in [4.78, 5) is 7.06. The molecule has 0 bridgehead atoms. The van der Waals surface area contributed by atoms with Gasteiger partial charge in [-0.1, -0.05) is 25.3 Å². The fourth-order valence-electron chi connectivity index (χ4n) is 4.50. The van der Waals surface area contributed by atoms with Gasteiger partial charge in [0.25, 0.3) is 0 Å². The molecule has 1 aromatic rings. The Hall–Kier alpha value is -1.13. The molecule has 3 rings (SSSR count). The van der Waals surface area contributed by atoms with E-state index in [0.29, 0.717) is 5.82 Å². The molecule has 0 amide bonds. The van der Waals surface area contributed by atoms with E-state index in [0.717, 1.165) is 0 Å². The van der Waals surface area contributed by atoms with E-state index in [1.165, 1.54) is 63.6 Å². The predicted molar refractivity (Wildman–Crippen MR) is 87.1 cm³/mol. The van der Waals surface area contributed by atoms with Crippen molar-refractivity contribution in [2.24, 2.45) is 0 Å². The minimum Gasteiger partial charge on any atom is -0.383 e. The number of likely N-dealkylation sites (N-methyl/N-ethyl adjacent to an activating group) is 1. The highest BCUT2D eigenvalue weighted by Gasteiger charge is 2.46. The fraction of sp³-hybridized carbons (Fsp3) is 0.706. The van der Waals surface area contributed by atoms with E-state index in [4.69, 9.17) is 5.73 Å². The van der Waals surface area contributed by atoms with E-state index in [-0.39, 0.29) is 11.6 Å². The van der Waals surface area contributed by atoms with E-state index in [1.54, 1.807) is 6.20 Å². The van der Waals surface area contributed by atoms with Crippen molar-refractivity contribution >= 4 is 5.82 Å². The summed E-state index contributed by atoms with van der Waals surface area (Å²) in [5.41, 5.74) is 7.59. The Labute approximate surface area is 128 Å². The number of nitrogens with two attached hydrogens (primary N) is 1. The van der Waals surface area contributed by atoms with Crippen molar-refractivity contribution in [2.75, 3.05) is 25.9 Å². The third kappa shape index (κ3) is 2.67. The third-order valence-electron chi connectivity index (χ3n) is 5.46. The molecule has 2 aliphatic rings. The van der Waals surface area contributed by atoms with Crippen molar-refractivity contribution in [2.45, 2.75) is 56.5 Å². The second-order valence-electron chi connectivity index (χ2n) is 6.56. The van der Waals surface area contributed by atoms with E-state index in [9.17, 15) is 0 Å². The summed E-state index contributed by atoms with van der Waals surface area (Å²) >= 11 is 0. The molecule has 21 heavy (non-hydrogen) atoms. The van der Waals surface area contributed by atoms with E-state index in [2.05, 4.69) is 28.3 Å². The summed E-state index contributed by atoms with van der Waals surface area (Å²) in [6.45, 7) is 2.47. The van der Waals surface area contributed by atoms with Crippen LogP contribution in [-0.4, -0.2) is 35.6 Å². The summed E-state index contributed by atoms with van der Waals surface area (Å²) in [7, 11) is 2.07. The van der Waals surface area contributed by atoms with Gasteiger partial charge in [0.05, 0.1) is 6.04 Å². The number of piperidine rings is 1. The van der Waals surface area contributed by atoms with Gasteiger partial charge in [0.2, 0.25) is 0 Å². The van der Waals surface area contributed by atoms with Gasteiger partial charge in [-0.2, -0.15) is 0 Å². The SMILES string of the molecule is CNC(c1cccnc1N)C1(N2CCCCC2)CCCC1. The molecule has 1 unspecified atom stereocenters. The van der Waals surface area contributed by atoms with Gasteiger partial charge < -0.3 is 11.1 Å². The van der Waals surface area contributed by atoms with Gasteiger partial charge in [0, 0.05) is 17.3 Å². The lowest BCUT2D eigenvalue weighted by Crippen LogP contribution is -2.56. The average Bonchev–Trinajstić information content (AvgIpc) is 3.01. The van der Waals surface area contributed by atoms with Crippen LogP contribution in [0.15, 0.2) is 18.3 Å². The molecule has 1 aliphatic heterocycles. The van der Waals surface area contributed by atoms with Crippen molar-refractivity contribution in [3.8, 4) is 0 Å². The Kier molecular flexibility index (Phi) is 4.45. The van der Waals surface area contributed by atoms with Gasteiger partial charge in [-0.3, -0.25) is 4.90 Å². The van der Waals surface area contributed by atoms with E-state index >= 15 is 0 Å². The maximum Gasteiger partial charge on any atom is 0.128 e. The van der Waals surface area contributed by atoms with Gasteiger partial charge >= 0.3 is 0 Å². The van der Waals surface area contributed by atoms with Crippen molar-refractivity contribution in [1.82, 2.24) is 15.2 Å². The van der Waals surface area contributed by atoms with Crippen LogP contribution in [-0.2, 0) is 0 Å². The summed E-state index contributed by atoms with van der Waals surface area (Å²) in [5.74, 6) is 0.681. The lowest BCUT2D eigenvalue weighted by atomic mass is 9.81. The first-order chi connectivity index (χ1) is 10.3. The Bertz CT molecular complexity index is 462. The van der Waals surface area contributed by atoms with Crippen LogP contribution in [0, 0.1) is 0 Å². The van der Waals surface area contributed by atoms with Crippen molar-refractivity contribution in [1.29, 1.82) is 0 Å². The fourth-order valence-corrected chi connectivity index (χ4v) is 4.50. The summed E-state index contributed by atoms with van der Waals surface area (Å²) in [5, 5.41) is 3.58. The molecule has 1 aromatic heterocycles. The second-order valence-corrected chi connectivity index (χ2v) is 6.56. The maximum atomic E-state index is 6.18. The number of nitrogens with zero attached hydrogens (tertiary/aromatic N) is 2. The van der Waals surface area contributed by atoms with Crippen LogP contribution in [0.2, 0.25) is 0 Å². The van der Waals surface area contributed by atoms with Gasteiger partial charge in [-0.15, -0.1) is 0 Å². The van der Waals surface area contributed by atoms with Crippen LogP contribution in [0.4, 0.5) is 5.82 Å². The van der Waals surface area contributed by atoms with Gasteiger partial charge in [0.1, 0.15) is 5.82 Å². The Balaban J connectivity index is 1.96. The van der Waals surface area contributed by atoms with Gasteiger partial charge in [-0.05, 0) is 51.9 Å². The Morgan fingerprint density at radius 1 is 1.19 bits per heavy atom. The number of aromatic nitrogens is 1. The van der Waals surface area contributed by atoms with Crippen LogP contribution in [0.25, 0.3) is 0 Å². The number of anilines is 1. The molecule has 3 N–H and O–H groups in total. The molecule has 0 spiro atoms. The summed E-state index contributed by atoms with van der Waals surface area (Å²) < 4.78 is 0. The number of hydrogen-bond donors (Lipinski definition) is 2. The first-order valence-corrected chi connectivity index (χ1v) is 8.41. The van der Waals surface area contributed by atoms with Crippen LogP contribution >= 0.6 is 0 Å². The topological polar surface area (TPSA) is 54.2 Å². The third-order valence-corrected chi connectivity index (χ3v) is 5.46. The molecule has 0 aromatic carbocycles. The minimum absolute atomic E-state index is 0.228. The molecule has 4 heteroatoms. The highest BCUT2D eigenvalue weighted by atomic mass is 15.2. The zero-order valence-electron chi connectivity index (χ0n) is 13.1. The molecule has 0 radical (unpaired) electrons. The average molecular weight is 288 g/mol. The van der Waals surface area contributed by atoms with Crippen LogP contribution < -0.4 is 11.1 Å². The molecule has 116 valence electrons. The molecular formula is C17H28N4. The number of nitrogens with one attached hydrogen (secondary N) is 1. The molecule has 1 saturated heterocycles. The van der Waals surface area contributed by atoms with Crippen LogP contribution in [0.5, 0.6) is 0 Å². The quantitative estimate of drug-likeness (QED) is 0.894. The number of likely N-dealkylation sites (tertiary alicyclic amines) is 1. The van der Waals surface area contributed by atoms with Crippen molar-refractivity contribution in [3.05, 3.63) is 23.9 Å². The molecule has 1 atom stereocenters. The van der Waals surface area contributed by atoms with Crippen LogP contribution in [0.3, 0.4) is 0 Å². The first kappa shape index (κ1) is 14.8. The zero-order valence-corrected chi connectivity index (χ0v) is 13.1. The number of hydrogen-bond acceptors (Lipinski definition) is 4. The Morgan fingerprint density at radius 3 is 2.52 bits per heavy atom. The van der Waals surface area contributed by atoms with Gasteiger partial charge in [-0.25, -0.2) is 4.98 Å². The highest BCUT2D eigenvalue weighted by molar-refractivity contribution is 5.43. The predicted octanol–water partition coefficient (Wildman–Crippen LogP) is 2.72. The summed E-state index contributed by atoms with van der Waals surface area (Å²) in [6, 6.07) is 4.44. The monoisotopic (exact) mass is 288 g/mol. The standard InChI is InChI=1S/C17H28N4/c1-19-15(14-8-7-11-20-16(14)18)17(9-3-4-10-17)21-12-5-2-6-13-21/h7-8,11,15,19H,2-6,9-10,12-13H2,1H3,(H2,18,20). The van der Waals surface area contributed by atoms with Crippen LogP contribution in [0.1, 0.15) is 56.6 Å². The maximum absolute atomic E-state index is 6.18. The van der Waals surface area contributed by atoms with E-state index < -0.39 is 0 Å². The van der Waals surface area contributed by atoms with E-state index in [1.807, 2.05) is 6.07 Å². The molecule has 1 aliphatic carbocycles. The number of pyridine rings is 1. The number of rotatable bonds is 4. The normalized spacial score (nSPS) is 24.0. The largest absolute Gasteiger partial charge is 0.383 e. The smallest absolute Gasteiger partial charge is 0.128 e. The molecule has 4 nitrogen and oxygen atoms in total. The van der Waals surface area contributed by atoms with Crippen molar-refractivity contribution in [3.63, 3.8) is 0 Å². The van der Waals surface area contributed by atoms with Gasteiger partial charge in [0.15, 0.2) is 0 Å². The second kappa shape index (κ2) is 6.32. The zero-order chi connectivity index (χ0) is 14.7. The molecular weight excluding hydrogens is 260 g/mol. The number of nitrogen functional groups attached to an aromatic ring is 1.